The lowest BCUT2D eigenvalue weighted by Crippen LogP contribution is -2.21. The van der Waals surface area contributed by atoms with Crippen molar-refractivity contribution in [3.63, 3.8) is 0 Å². The minimum Gasteiger partial charge on any atom is -0.442 e. The van der Waals surface area contributed by atoms with Gasteiger partial charge in [0.25, 0.3) is 0 Å². The Balaban J connectivity index is 1.67. The van der Waals surface area contributed by atoms with E-state index in [-0.39, 0.29) is 11.8 Å². The van der Waals surface area contributed by atoms with Crippen molar-refractivity contribution in [2.75, 3.05) is 11.1 Å². The summed E-state index contributed by atoms with van der Waals surface area (Å²) in [4.78, 5) is 8.64. The highest BCUT2D eigenvalue weighted by Gasteiger charge is 2.26. The second kappa shape index (κ2) is 7.40. The van der Waals surface area contributed by atoms with E-state index in [1.54, 1.807) is 6.07 Å². The molecular weight excluding hydrogens is 364 g/mol. The summed E-state index contributed by atoms with van der Waals surface area (Å²) >= 11 is 0. The molecule has 4 rings (SSSR count). The number of hydrogen-bond donors (Lipinski definition) is 3. The van der Waals surface area contributed by atoms with Crippen molar-refractivity contribution in [1.29, 1.82) is 10.7 Å². The lowest BCUT2D eigenvalue weighted by Gasteiger charge is -2.28. The molecule has 2 aromatic heterocycles. The Labute approximate surface area is 169 Å². The topological polar surface area (TPSA) is 125 Å². The fourth-order valence-electron chi connectivity index (χ4n) is 3.98. The molecule has 146 valence electrons. The van der Waals surface area contributed by atoms with Crippen LogP contribution in [0, 0.1) is 30.6 Å². The first-order chi connectivity index (χ1) is 14.0. The van der Waals surface area contributed by atoms with Crippen molar-refractivity contribution in [2.45, 2.75) is 39.2 Å². The summed E-state index contributed by atoms with van der Waals surface area (Å²) in [6.45, 7) is 3.89. The molecule has 2 heterocycles. The average Bonchev–Trinajstić information content (AvgIpc) is 3.25. The molecule has 1 aliphatic carbocycles. The van der Waals surface area contributed by atoms with Crippen LogP contribution in [0.3, 0.4) is 0 Å². The highest BCUT2D eigenvalue weighted by Crippen LogP contribution is 2.35. The molecule has 0 saturated carbocycles. The first kappa shape index (κ1) is 18.7. The van der Waals surface area contributed by atoms with E-state index in [0.29, 0.717) is 22.6 Å². The van der Waals surface area contributed by atoms with Crippen LogP contribution in [-0.4, -0.2) is 15.7 Å². The largest absolute Gasteiger partial charge is 0.442 e. The van der Waals surface area contributed by atoms with Crippen LogP contribution < -0.4 is 11.1 Å². The molecule has 0 spiro atoms. The molecule has 0 aliphatic heterocycles. The Morgan fingerprint density at radius 3 is 2.93 bits per heavy atom. The van der Waals surface area contributed by atoms with E-state index in [4.69, 9.17) is 20.5 Å². The number of oxazole rings is 1. The fraction of sp³-hybridized carbons (Fsp3) is 0.273. The molecule has 7 nitrogen and oxygen atoms in total. The van der Waals surface area contributed by atoms with E-state index in [1.807, 2.05) is 26.0 Å². The number of rotatable bonds is 4. The van der Waals surface area contributed by atoms with Gasteiger partial charge in [0.1, 0.15) is 11.8 Å². The third-order valence-corrected chi connectivity index (χ3v) is 5.49. The first-order valence-electron chi connectivity index (χ1n) is 9.53. The number of hydrogen-bond acceptors (Lipinski definition) is 7. The zero-order valence-corrected chi connectivity index (χ0v) is 16.4. The van der Waals surface area contributed by atoms with Crippen molar-refractivity contribution in [3.05, 3.63) is 70.2 Å². The van der Waals surface area contributed by atoms with Gasteiger partial charge in [-0.05, 0) is 62.4 Å². The molecule has 0 saturated heterocycles. The van der Waals surface area contributed by atoms with Crippen LogP contribution in [0.1, 0.15) is 58.3 Å². The number of nitrogen functional groups attached to an aromatic ring is 1. The van der Waals surface area contributed by atoms with E-state index in [9.17, 15) is 5.26 Å². The van der Waals surface area contributed by atoms with Crippen LogP contribution in [0.4, 0.5) is 11.4 Å². The van der Waals surface area contributed by atoms with E-state index in [0.717, 1.165) is 41.9 Å². The van der Waals surface area contributed by atoms with Gasteiger partial charge in [-0.2, -0.15) is 5.26 Å². The Hall–Kier alpha value is -3.66. The third-order valence-electron chi connectivity index (χ3n) is 5.49. The number of aromatic nitrogens is 2. The summed E-state index contributed by atoms with van der Waals surface area (Å²) in [5, 5.41) is 21.4. The zero-order chi connectivity index (χ0) is 20.5. The van der Waals surface area contributed by atoms with Gasteiger partial charge in [0.2, 0.25) is 0 Å². The van der Waals surface area contributed by atoms with Gasteiger partial charge in [0.15, 0.2) is 12.2 Å². The average molecular weight is 386 g/mol. The maximum atomic E-state index is 9.44. The molecule has 0 fully saturated rings. The standard InChI is InChI=1S/C22H22N6O/c1-12-15-4-3-5-19(22(15)27-13(2)17(12)9-23)28-14-6-7-18(24)16(8-14)21(25)20-10-26-11-29-20/h6-8,10-11,19,25,28H,3-5,24H2,1-2H3. The molecule has 7 heteroatoms. The fourth-order valence-corrected chi connectivity index (χ4v) is 3.98. The van der Waals surface area contributed by atoms with Crippen molar-refractivity contribution in [3.8, 4) is 6.07 Å². The molecule has 29 heavy (non-hydrogen) atoms. The second-order valence-electron chi connectivity index (χ2n) is 7.30. The number of anilines is 2. The summed E-state index contributed by atoms with van der Waals surface area (Å²) in [5.74, 6) is 0.369. The molecule has 3 aromatic rings. The number of nitriles is 1. The molecule has 1 aromatic carbocycles. The number of aryl methyl sites for hydroxylation is 1. The van der Waals surface area contributed by atoms with Gasteiger partial charge >= 0.3 is 0 Å². The van der Waals surface area contributed by atoms with Crippen molar-refractivity contribution >= 4 is 17.1 Å². The summed E-state index contributed by atoms with van der Waals surface area (Å²) in [7, 11) is 0. The van der Waals surface area contributed by atoms with Gasteiger partial charge in [-0.25, -0.2) is 4.98 Å². The van der Waals surface area contributed by atoms with E-state index in [1.165, 1.54) is 18.2 Å². The molecule has 0 radical (unpaired) electrons. The highest BCUT2D eigenvalue weighted by atomic mass is 16.3. The van der Waals surface area contributed by atoms with Crippen LogP contribution in [0.15, 0.2) is 35.2 Å². The van der Waals surface area contributed by atoms with Gasteiger partial charge in [-0.15, -0.1) is 0 Å². The summed E-state index contributed by atoms with van der Waals surface area (Å²) in [6.07, 6.45) is 5.71. The van der Waals surface area contributed by atoms with Gasteiger partial charge in [-0.3, -0.25) is 10.4 Å². The Morgan fingerprint density at radius 1 is 1.38 bits per heavy atom. The van der Waals surface area contributed by atoms with Crippen molar-refractivity contribution in [1.82, 2.24) is 9.97 Å². The van der Waals surface area contributed by atoms with Crippen LogP contribution in [0.2, 0.25) is 0 Å². The minimum absolute atomic E-state index is 0.0415. The maximum absolute atomic E-state index is 9.44. The molecule has 1 unspecified atom stereocenters. The number of pyridine rings is 1. The number of nitrogens with zero attached hydrogens (tertiary/aromatic N) is 3. The number of fused-ring (bicyclic) bond motifs is 1. The van der Waals surface area contributed by atoms with Crippen LogP contribution >= 0.6 is 0 Å². The number of nitrogens with two attached hydrogens (primary N) is 1. The molecule has 1 atom stereocenters. The maximum Gasteiger partial charge on any atom is 0.181 e. The molecule has 1 aliphatic rings. The normalized spacial score (nSPS) is 15.4. The lowest BCUT2D eigenvalue weighted by molar-refractivity contribution is 0.548. The van der Waals surface area contributed by atoms with E-state index < -0.39 is 0 Å². The van der Waals surface area contributed by atoms with Crippen molar-refractivity contribution < 1.29 is 4.42 Å². The number of benzene rings is 1. The van der Waals surface area contributed by atoms with Gasteiger partial charge in [0.05, 0.1) is 29.2 Å². The van der Waals surface area contributed by atoms with Crippen molar-refractivity contribution in [2.24, 2.45) is 0 Å². The van der Waals surface area contributed by atoms with Crippen LogP contribution in [-0.2, 0) is 6.42 Å². The van der Waals surface area contributed by atoms with Gasteiger partial charge in [-0.1, -0.05) is 0 Å². The van der Waals surface area contributed by atoms with Crippen LogP contribution in [0.5, 0.6) is 0 Å². The van der Waals surface area contributed by atoms with Gasteiger partial charge < -0.3 is 15.5 Å². The minimum atomic E-state index is 0.0415. The Bertz CT molecular complexity index is 1130. The third kappa shape index (κ3) is 3.34. The Kier molecular flexibility index (Phi) is 4.77. The molecule has 0 bridgehead atoms. The second-order valence-corrected chi connectivity index (χ2v) is 7.30. The summed E-state index contributed by atoms with van der Waals surface area (Å²) in [6, 6.07) is 7.88. The van der Waals surface area contributed by atoms with Crippen LogP contribution in [0.25, 0.3) is 0 Å². The van der Waals surface area contributed by atoms with E-state index >= 15 is 0 Å². The predicted molar refractivity (Wildman–Crippen MR) is 111 cm³/mol. The van der Waals surface area contributed by atoms with Gasteiger partial charge in [0, 0.05) is 16.9 Å². The summed E-state index contributed by atoms with van der Waals surface area (Å²) < 4.78 is 5.24. The first-order valence-corrected chi connectivity index (χ1v) is 9.53. The highest BCUT2D eigenvalue weighted by molar-refractivity contribution is 6.12. The zero-order valence-electron chi connectivity index (χ0n) is 16.4. The SMILES string of the molecule is Cc1nc2c(c(C)c1C#N)CCCC2Nc1ccc(N)c(C(=N)c2cnco2)c1. The molecule has 0 amide bonds. The number of nitrogens with one attached hydrogen (secondary N) is 2. The monoisotopic (exact) mass is 386 g/mol. The smallest absolute Gasteiger partial charge is 0.181 e. The Morgan fingerprint density at radius 2 is 2.21 bits per heavy atom. The quantitative estimate of drug-likeness (QED) is 0.459. The lowest BCUT2D eigenvalue weighted by atomic mass is 9.86. The predicted octanol–water partition coefficient (Wildman–Crippen LogP) is 4.05. The molecule has 4 N–H and O–H groups in total. The summed E-state index contributed by atoms with van der Waals surface area (Å²) in [5.41, 5.74) is 12.9. The van der Waals surface area contributed by atoms with E-state index in [2.05, 4.69) is 16.4 Å². The molecular formula is C22H22N6O.